The molecule has 0 radical (unpaired) electrons. The van der Waals surface area contributed by atoms with Crippen LogP contribution in [0, 0.1) is 0 Å². The van der Waals surface area contributed by atoms with Gasteiger partial charge in [-0.3, -0.25) is 4.79 Å². The monoisotopic (exact) mass is 217 g/mol. The van der Waals surface area contributed by atoms with Crippen molar-refractivity contribution >= 4 is 16.6 Å². The standard InChI is InChI=1S/C12H15N3O/c1-4-11-13-10-6-5-8(15(2)3)7-9(10)12(16)14-11/h5-7H,4H2,1-3H3,(H,13,14,16). The number of aryl methyl sites for hydroxylation is 1. The van der Waals surface area contributed by atoms with Crippen molar-refractivity contribution < 1.29 is 0 Å². The number of hydrogen-bond acceptors (Lipinski definition) is 3. The minimum atomic E-state index is -0.0643. The number of nitrogens with zero attached hydrogens (tertiary/aromatic N) is 2. The first-order valence-electron chi connectivity index (χ1n) is 5.32. The number of fused-ring (bicyclic) bond motifs is 1. The summed E-state index contributed by atoms with van der Waals surface area (Å²) in [5.74, 6) is 0.732. The Morgan fingerprint density at radius 1 is 1.38 bits per heavy atom. The van der Waals surface area contributed by atoms with Gasteiger partial charge in [0.1, 0.15) is 5.82 Å². The number of benzene rings is 1. The highest BCUT2D eigenvalue weighted by Crippen LogP contribution is 2.16. The van der Waals surface area contributed by atoms with Crippen LogP contribution in [0.2, 0.25) is 0 Å². The molecule has 0 aliphatic heterocycles. The van der Waals surface area contributed by atoms with Crippen LogP contribution in [-0.2, 0) is 6.42 Å². The van der Waals surface area contributed by atoms with Crippen molar-refractivity contribution in [2.24, 2.45) is 0 Å². The molecule has 1 aromatic heterocycles. The zero-order chi connectivity index (χ0) is 11.7. The molecule has 16 heavy (non-hydrogen) atoms. The minimum Gasteiger partial charge on any atom is -0.378 e. The van der Waals surface area contributed by atoms with Gasteiger partial charge >= 0.3 is 0 Å². The van der Waals surface area contributed by atoms with Crippen molar-refractivity contribution in [2.75, 3.05) is 19.0 Å². The van der Waals surface area contributed by atoms with Crippen molar-refractivity contribution in [3.63, 3.8) is 0 Å². The third-order valence-corrected chi connectivity index (χ3v) is 2.59. The fourth-order valence-corrected chi connectivity index (χ4v) is 1.62. The van der Waals surface area contributed by atoms with Gasteiger partial charge in [0.25, 0.3) is 5.56 Å². The minimum absolute atomic E-state index is 0.0643. The molecule has 2 aromatic rings. The molecular weight excluding hydrogens is 202 g/mol. The second kappa shape index (κ2) is 3.96. The number of aromatic amines is 1. The molecule has 0 aliphatic rings. The number of aromatic nitrogens is 2. The summed E-state index contributed by atoms with van der Waals surface area (Å²) in [6, 6.07) is 5.72. The molecule has 0 saturated carbocycles. The van der Waals surface area contributed by atoms with Crippen LogP contribution in [-0.4, -0.2) is 24.1 Å². The summed E-state index contributed by atoms with van der Waals surface area (Å²) in [6.45, 7) is 1.97. The molecule has 0 saturated heterocycles. The average molecular weight is 217 g/mol. The summed E-state index contributed by atoms with van der Waals surface area (Å²) in [5, 5.41) is 0.642. The van der Waals surface area contributed by atoms with Crippen molar-refractivity contribution in [3.05, 3.63) is 34.4 Å². The first-order valence-corrected chi connectivity index (χ1v) is 5.32. The lowest BCUT2D eigenvalue weighted by atomic mass is 10.2. The Bertz CT molecular complexity index is 572. The van der Waals surface area contributed by atoms with Gasteiger partial charge in [0.15, 0.2) is 0 Å². The summed E-state index contributed by atoms with van der Waals surface area (Å²) in [4.78, 5) is 20.9. The average Bonchev–Trinajstić information content (AvgIpc) is 2.28. The normalized spacial score (nSPS) is 10.7. The van der Waals surface area contributed by atoms with Crippen molar-refractivity contribution in [1.29, 1.82) is 0 Å². The number of hydrogen-bond donors (Lipinski definition) is 1. The summed E-state index contributed by atoms with van der Waals surface area (Å²) in [5.41, 5.74) is 1.70. The second-order valence-corrected chi connectivity index (χ2v) is 3.96. The van der Waals surface area contributed by atoms with Gasteiger partial charge in [-0.05, 0) is 18.2 Å². The molecule has 0 atom stereocenters. The SMILES string of the molecule is CCc1nc2ccc(N(C)C)cc2c(=O)[nH]1. The Labute approximate surface area is 93.9 Å². The lowest BCUT2D eigenvalue weighted by molar-refractivity contribution is 0.944. The number of H-pyrrole nitrogens is 1. The van der Waals surface area contributed by atoms with Gasteiger partial charge in [-0.2, -0.15) is 0 Å². The Hall–Kier alpha value is -1.84. The smallest absolute Gasteiger partial charge is 0.258 e. The van der Waals surface area contributed by atoms with Crippen LogP contribution in [0.15, 0.2) is 23.0 Å². The van der Waals surface area contributed by atoms with Gasteiger partial charge in [-0.1, -0.05) is 6.92 Å². The molecule has 0 spiro atoms. The molecule has 1 aromatic carbocycles. The Morgan fingerprint density at radius 2 is 2.12 bits per heavy atom. The molecule has 2 rings (SSSR count). The van der Waals surface area contributed by atoms with E-state index in [2.05, 4.69) is 9.97 Å². The zero-order valence-electron chi connectivity index (χ0n) is 9.74. The van der Waals surface area contributed by atoms with Crippen molar-refractivity contribution in [2.45, 2.75) is 13.3 Å². The predicted octanol–water partition coefficient (Wildman–Crippen LogP) is 1.55. The fraction of sp³-hybridized carbons (Fsp3) is 0.333. The van der Waals surface area contributed by atoms with E-state index in [1.54, 1.807) is 0 Å². The second-order valence-electron chi connectivity index (χ2n) is 3.96. The van der Waals surface area contributed by atoms with E-state index < -0.39 is 0 Å². The maximum atomic E-state index is 11.8. The van der Waals surface area contributed by atoms with Crippen LogP contribution in [0.1, 0.15) is 12.7 Å². The third kappa shape index (κ3) is 1.78. The lowest BCUT2D eigenvalue weighted by Crippen LogP contribution is -2.13. The van der Waals surface area contributed by atoms with E-state index in [-0.39, 0.29) is 5.56 Å². The first-order chi connectivity index (χ1) is 7.61. The highest BCUT2D eigenvalue weighted by atomic mass is 16.1. The largest absolute Gasteiger partial charge is 0.378 e. The molecule has 4 heteroatoms. The molecule has 0 amide bonds. The van der Waals surface area contributed by atoms with E-state index in [4.69, 9.17) is 0 Å². The summed E-state index contributed by atoms with van der Waals surface area (Å²) >= 11 is 0. The maximum absolute atomic E-state index is 11.8. The summed E-state index contributed by atoms with van der Waals surface area (Å²) in [7, 11) is 3.90. The summed E-state index contributed by atoms with van der Waals surface area (Å²) in [6.07, 6.45) is 0.737. The Balaban J connectivity index is 2.71. The quantitative estimate of drug-likeness (QED) is 0.830. The molecular formula is C12H15N3O. The molecule has 0 fully saturated rings. The number of nitrogens with one attached hydrogen (secondary N) is 1. The Kier molecular flexibility index (Phi) is 2.64. The molecule has 0 unspecified atom stereocenters. The molecule has 84 valence electrons. The van der Waals surface area contributed by atoms with Gasteiger partial charge in [-0.25, -0.2) is 4.98 Å². The number of rotatable bonds is 2. The van der Waals surface area contributed by atoms with Crippen molar-refractivity contribution in [3.8, 4) is 0 Å². The molecule has 4 nitrogen and oxygen atoms in total. The predicted molar refractivity (Wildman–Crippen MR) is 66.1 cm³/mol. The third-order valence-electron chi connectivity index (χ3n) is 2.59. The van der Waals surface area contributed by atoms with Crippen molar-refractivity contribution in [1.82, 2.24) is 9.97 Å². The van der Waals surface area contributed by atoms with E-state index in [0.29, 0.717) is 5.39 Å². The van der Waals surface area contributed by atoms with E-state index in [0.717, 1.165) is 23.4 Å². The van der Waals surface area contributed by atoms with E-state index >= 15 is 0 Å². The van der Waals surface area contributed by atoms with Gasteiger partial charge < -0.3 is 9.88 Å². The molecule has 0 bridgehead atoms. The van der Waals surface area contributed by atoms with Gasteiger partial charge in [-0.15, -0.1) is 0 Å². The van der Waals surface area contributed by atoms with Crippen LogP contribution in [0.3, 0.4) is 0 Å². The van der Waals surface area contributed by atoms with Gasteiger partial charge in [0.2, 0.25) is 0 Å². The van der Waals surface area contributed by atoms with Crippen LogP contribution in [0.25, 0.3) is 10.9 Å². The maximum Gasteiger partial charge on any atom is 0.258 e. The lowest BCUT2D eigenvalue weighted by Gasteiger charge is -2.12. The zero-order valence-corrected chi connectivity index (χ0v) is 9.74. The highest BCUT2D eigenvalue weighted by molar-refractivity contribution is 5.81. The van der Waals surface area contributed by atoms with Crippen LogP contribution >= 0.6 is 0 Å². The first kappa shape index (κ1) is 10.7. The fourth-order valence-electron chi connectivity index (χ4n) is 1.62. The van der Waals surface area contributed by atoms with Crippen LogP contribution in [0.4, 0.5) is 5.69 Å². The van der Waals surface area contributed by atoms with Crippen LogP contribution in [0.5, 0.6) is 0 Å². The van der Waals surface area contributed by atoms with Crippen LogP contribution < -0.4 is 10.5 Å². The molecule has 1 heterocycles. The van der Waals surface area contributed by atoms with E-state index in [1.165, 1.54) is 0 Å². The highest BCUT2D eigenvalue weighted by Gasteiger charge is 2.04. The van der Waals surface area contributed by atoms with Gasteiger partial charge in [0, 0.05) is 26.2 Å². The molecule has 0 aliphatic carbocycles. The summed E-state index contributed by atoms with van der Waals surface area (Å²) < 4.78 is 0. The van der Waals surface area contributed by atoms with Gasteiger partial charge in [0.05, 0.1) is 10.9 Å². The molecule has 1 N–H and O–H groups in total. The van der Waals surface area contributed by atoms with E-state index in [1.807, 2.05) is 44.1 Å². The van der Waals surface area contributed by atoms with E-state index in [9.17, 15) is 4.79 Å². The number of anilines is 1. The Morgan fingerprint density at radius 3 is 2.75 bits per heavy atom. The topological polar surface area (TPSA) is 49.0 Å².